The predicted octanol–water partition coefficient (Wildman–Crippen LogP) is 3.25. The van der Waals surface area contributed by atoms with Crippen LogP contribution in [-0.4, -0.2) is 22.5 Å². The summed E-state index contributed by atoms with van der Waals surface area (Å²) in [7, 11) is 0. The van der Waals surface area contributed by atoms with Crippen LogP contribution in [0.3, 0.4) is 0 Å². The van der Waals surface area contributed by atoms with E-state index in [0.29, 0.717) is 5.56 Å². The second-order valence-electron chi connectivity index (χ2n) is 6.25. The molecular formula is C18H23N3O3. The molecule has 0 aliphatic carbocycles. The Labute approximate surface area is 141 Å². The van der Waals surface area contributed by atoms with Gasteiger partial charge in [-0.1, -0.05) is 19.9 Å². The highest BCUT2D eigenvalue weighted by molar-refractivity contribution is 5.95. The molecule has 2 aromatic rings. The monoisotopic (exact) mass is 329 g/mol. The zero-order valence-electron chi connectivity index (χ0n) is 14.5. The maximum Gasteiger partial charge on any atom is 0.255 e. The molecule has 1 aliphatic heterocycles. The van der Waals surface area contributed by atoms with Crippen molar-refractivity contribution < 1.29 is 14.3 Å². The molecule has 1 unspecified atom stereocenters. The summed E-state index contributed by atoms with van der Waals surface area (Å²) < 4.78 is 12.5. The van der Waals surface area contributed by atoms with Crippen LogP contribution >= 0.6 is 0 Å². The van der Waals surface area contributed by atoms with E-state index >= 15 is 0 Å². The molecule has 128 valence electrons. The van der Waals surface area contributed by atoms with Crippen molar-refractivity contribution in [2.75, 3.05) is 6.79 Å². The van der Waals surface area contributed by atoms with Crippen molar-refractivity contribution in [2.45, 2.75) is 46.2 Å². The Hall–Kier alpha value is -2.50. The maximum atomic E-state index is 12.7. The minimum Gasteiger partial charge on any atom is -0.454 e. The van der Waals surface area contributed by atoms with Gasteiger partial charge in [-0.05, 0) is 37.5 Å². The normalized spacial score (nSPS) is 14.0. The van der Waals surface area contributed by atoms with Crippen molar-refractivity contribution in [3.63, 3.8) is 0 Å². The number of carbonyl (C=O) groups excluding carboxylic acids is 1. The SMILES string of the molecule is CCn1cc(C(=O)NC(C)c2ccc3c(c2)OCO3)c(C(C)C)n1. The highest BCUT2D eigenvalue weighted by Gasteiger charge is 2.21. The largest absolute Gasteiger partial charge is 0.454 e. The van der Waals surface area contributed by atoms with Gasteiger partial charge in [-0.25, -0.2) is 0 Å². The number of carbonyl (C=O) groups is 1. The number of nitrogens with zero attached hydrogens (tertiary/aromatic N) is 2. The number of benzene rings is 1. The highest BCUT2D eigenvalue weighted by atomic mass is 16.7. The van der Waals surface area contributed by atoms with Crippen LogP contribution in [0, 0.1) is 0 Å². The first-order chi connectivity index (χ1) is 11.5. The van der Waals surface area contributed by atoms with Crippen LogP contribution in [0.1, 0.15) is 61.3 Å². The molecular weight excluding hydrogens is 306 g/mol. The van der Waals surface area contributed by atoms with Crippen molar-refractivity contribution >= 4 is 5.91 Å². The van der Waals surface area contributed by atoms with Crippen LogP contribution in [0.15, 0.2) is 24.4 Å². The number of rotatable bonds is 5. The second kappa shape index (κ2) is 6.55. The Kier molecular flexibility index (Phi) is 4.46. The molecule has 0 spiro atoms. The number of hydrogen-bond donors (Lipinski definition) is 1. The van der Waals surface area contributed by atoms with E-state index in [1.165, 1.54) is 0 Å². The third-order valence-electron chi connectivity index (χ3n) is 4.15. The lowest BCUT2D eigenvalue weighted by Crippen LogP contribution is -2.27. The fraction of sp³-hybridized carbons (Fsp3) is 0.444. The fourth-order valence-electron chi connectivity index (χ4n) is 2.74. The summed E-state index contributed by atoms with van der Waals surface area (Å²) in [6.07, 6.45) is 1.82. The van der Waals surface area contributed by atoms with Gasteiger partial charge in [-0.2, -0.15) is 5.10 Å². The van der Waals surface area contributed by atoms with Gasteiger partial charge in [0.25, 0.3) is 5.91 Å². The summed E-state index contributed by atoms with van der Waals surface area (Å²) in [6.45, 7) is 9.03. The zero-order valence-corrected chi connectivity index (χ0v) is 14.5. The van der Waals surface area contributed by atoms with Crippen molar-refractivity contribution in [3.05, 3.63) is 41.2 Å². The third kappa shape index (κ3) is 3.09. The van der Waals surface area contributed by atoms with Crippen molar-refractivity contribution in [2.24, 2.45) is 0 Å². The van der Waals surface area contributed by atoms with Crippen molar-refractivity contribution in [1.82, 2.24) is 15.1 Å². The van der Waals surface area contributed by atoms with E-state index in [9.17, 15) is 4.79 Å². The average molecular weight is 329 g/mol. The van der Waals surface area contributed by atoms with Gasteiger partial charge in [0.05, 0.1) is 17.3 Å². The molecule has 1 aromatic carbocycles. The third-order valence-corrected chi connectivity index (χ3v) is 4.15. The summed E-state index contributed by atoms with van der Waals surface area (Å²) in [5.41, 5.74) is 2.44. The topological polar surface area (TPSA) is 65.4 Å². The maximum absolute atomic E-state index is 12.7. The lowest BCUT2D eigenvalue weighted by Gasteiger charge is -2.15. The van der Waals surface area contributed by atoms with E-state index in [1.807, 2.05) is 52.1 Å². The van der Waals surface area contributed by atoms with Crippen LogP contribution in [-0.2, 0) is 6.54 Å². The van der Waals surface area contributed by atoms with Gasteiger partial charge in [0, 0.05) is 12.7 Å². The first-order valence-corrected chi connectivity index (χ1v) is 8.27. The van der Waals surface area contributed by atoms with E-state index in [1.54, 1.807) is 4.68 Å². The summed E-state index contributed by atoms with van der Waals surface area (Å²) in [4.78, 5) is 12.7. The Morgan fingerprint density at radius 2 is 2.04 bits per heavy atom. The molecule has 0 fully saturated rings. The molecule has 3 rings (SSSR count). The number of ether oxygens (including phenoxy) is 2. The molecule has 0 saturated carbocycles. The van der Waals surface area contributed by atoms with Gasteiger partial charge >= 0.3 is 0 Å². The minimum atomic E-state index is -0.142. The molecule has 1 atom stereocenters. The fourth-order valence-corrected chi connectivity index (χ4v) is 2.74. The van der Waals surface area contributed by atoms with Crippen LogP contribution in [0.4, 0.5) is 0 Å². The molecule has 6 heteroatoms. The molecule has 24 heavy (non-hydrogen) atoms. The summed E-state index contributed by atoms with van der Waals surface area (Å²) >= 11 is 0. The lowest BCUT2D eigenvalue weighted by atomic mass is 10.0. The molecule has 1 aliphatic rings. The Bertz CT molecular complexity index is 752. The van der Waals surface area contributed by atoms with Crippen molar-refractivity contribution in [3.8, 4) is 11.5 Å². The first kappa shape index (κ1) is 16.4. The predicted molar refractivity (Wildman–Crippen MR) is 90.4 cm³/mol. The van der Waals surface area contributed by atoms with Crippen LogP contribution < -0.4 is 14.8 Å². The quantitative estimate of drug-likeness (QED) is 0.914. The molecule has 1 amide bonds. The average Bonchev–Trinajstić information content (AvgIpc) is 3.20. The second-order valence-corrected chi connectivity index (χ2v) is 6.25. The molecule has 1 aromatic heterocycles. The van der Waals surface area contributed by atoms with E-state index < -0.39 is 0 Å². The van der Waals surface area contributed by atoms with Crippen LogP contribution in [0.25, 0.3) is 0 Å². The summed E-state index contributed by atoms with van der Waals surface area (Å²) in [5, 5.41) is 7.54. The van der Waals surface area contributed by atoms with E-state index in [4.69, 9.17) is 9.47 Å². The van der Waals surface area contributed by atoms with Gasteiger partial charge in [0.1, 0.15) is 0 Å². The van der Waals surface area contributed by atoms with Gasteiger partial charge in [-0.15, -0.1) is 0 Å². The van der Waals surface area contributed by atoms with Gasteiger partial charge in [-0.3, -0.25) is 9.48 Å². The zero-order chi connectivity index (χ0) is 17.3. The smallest absolute Gasteiger partial charge is 0.255 e. The van der Waals surface area contributed by atoms with Gasteiger partial charge in [0.15, 0.2) is 11.5 Å². The molecule has 2 heterocycles. The number of fused-ring (bicyclic) bond motifs is 1. The molecule has 0 bridgehead atoms. The van der Waals surface area contributed by atoms with Gasteiger partial charge in [0.2, 0.25) is 6.79 Å². The van der Waals surface area contributed by atoms with Crippen LogP contribution in [0.5, 0.6) is 11.5 Å². The summed E-state index contributed by atoms with van der Waals surface area (Å²) in [5.74, 6) is 1.54. The highest BCUT2D eigenvalue weighted by Crippen LogP contribution is 2.34. The Balaban J connectivity index is 1.78. The molecule has 6 nitrogen and oxygen atoms in total. The molecule has 0 radical (unpaired) electrons. The molecule has 0 saturated heterocycles. The number of amides is 1. The number of aromatic nitrogens is 2. The lowest BCUT2D eigenvalue weighted by molar-refractivity contribution is 0.0938. The van der Waals surface area contributed by atoms with E-state index in [2.05, 4.69) is 10.4 Å². The summed E-state index contributed by atoms with van der Waals surface area (Å²) in [6, 6.07) is 5.58. The number of nitrogens with one attached hydrogen (secondary N) is 1. The number of hydrogen-bond acceptors (Lipinski definition) is 4. The number of aryl methyl sites for hydroxylation is 1. The Morgan fingerprint density at radius 3 is 2.75 bits per heavy atom. The van der Waals surface area contributed by atoms with E-state index in [-0.39, 0.29) is 24.7 Å². The minimum absolute atomic E-state index is 0.108. The van der Waals surface area contributed by atoms with Crippen LogP contribution in [0.2, 0.25) is 0 Å². The van der Waals surface area contributed by atoms with E-state index in [0.717, 1.165) is 29.3 Å². The van der Waals surface area contributed by atoms with Gasteiger partial charge < -0.3 is 14.8 Å². The standard InChI is InChI=1S/C18H23N3O3/c1-5-21-9-14(17(20-21)11(2)3)18(22)19-12(4)13-6-7-15-16(8-13)24-10-23-15/h6-9,11-12H,5,10H2,1-4H3,(H,19,22). The first-order valence-electron chi connectivity index (χ1n) is 8.27. The van der Waals surface area contributed by atoms with Crippen molar-refractivity contribution in [1.29, 1.82) is 0 Å². The Morgan fingerprint density at radius 1 is 1.29 bits per heavy atom. The molecule has 1 N–H and O–H groups in total.